The number of aliphatic hydroxyl groups is 1. The number of β-amino-alcohol motifs (C(OH)–C–C–N with tert-alkyl or cyclic N) is 1. The number of nitrogens with zero attached hydrogens (tertiary/aromatic N) is 1. The normalized spacial score (nSPS) is 20.0. The molecule has 0 saturated carbocycles. The topological polar surface area (TPSA) is 49.8 Å². The minimum absolute atomic E-state index is 0.277. The van der Waals surface area contributed by atoms with Gasteiger partial charge in [0.15, 0.2) is 0 Å². The Morgan fingerprint density at radius 2 is 1.83 bits per heavy atom. The van der Waals surface area contributed by atoms with Crippen LogP contribution in [0.3, 0.4) is 0 Å². The fraction of sp³-hybridized carbons (Fsp3) is 0.875. The van der Waals surface area contributed by atoms with E-state index in [-0.39, 0.29) is 6.54 Å². The van der Waals surface area contributed by atoms with Gasteiger partial charge in [-0.15, -0.1) is 0 Å². The second kappa shape index (κ2) is 8.33. The van der Waals surface area contributed by atoms with Gasteiger partial charge in [-0.2, -0.15) is 0 Å². The molecule has 1 aliphatic heterocycles. The van der Waals surface area contributed by atoms with Crippen LogP contribution in [0.4, 0.5) is 4.79 Å². The molecular formula is C8H19NO3. The fourth-order valence-electron chi connectivity index (χ4n) is 0.552. The van der Waals surface area contributed by atoms with Crippen molar-refractivity contribution in [2.75, 3.05) is 13.6 Å². The maximum Gasteiger partial charge on any atom is 0.412 e. The van der Waals surface area contributed by atoms with E-state index in [4.69, 9.17) is 5.11 Å². The van der Waals surface area contributed by atoms with E-state index in [2.05, 4.69) is 4.74 Å². The van der Waals surface area contributed by atoms with Crippen molar-refractivity contribution in [3.05, 3.63) is 0 Å². The molecule has 0 bridgehead atoms. The third-order valence-electron chi connectivity index (χ3n) is 0.979. The Morgan fingerprint density at radius 1 is 1.42 bits per heavy atom. The molecule has 1 saturated heterocycles. The quantitative estimate of drug-likeness (QED) is 0.609. The predicted molar refractivity (Wildman–Crippen MR) is 47.8 cm³/mol. The summed E-state index contributed by atoms with van der Waals surface area (Å²) < 4.78 is 4.32. The van der Waals surface area contributed by atoms with Crippen LogP contribution in [-0.4, -0.2) is 36.0 Å². The zero-order valence-electron chi connectivity index (χ0n) is 8.50. The molecule has 74 valence electrons. The number of carbonyl (C=O) groups excluding carboxylic acids is 1. The predicted octanol–water partition coefficient (Wildman–Crippen LogP) is 1.44. The zero-order valence-corrected chi connectivity index (χ0v) is 8.50. The van der Waals surface area contributed by atoms with Gasteiger partial charge in [-0.1, -0.05) is 27.7 Å². The molecule has 1 atom stereocenters. The number of aliphatic hydroxyl groups excluding tert-OH is 1. The molecule has 12 heavy (non-hydrogen) atoms. The van der Waals surface area contributed by atoms with Crippen molar-refractivity contribution in [3.8, 4) is 0 Å². The summed E-state index contributed by atoms with van der Waals surface area (Å²) in [4.78, 5) is 11.6. The van der Waals surface area contributed by atoms with E-state index >= 15 is 0 Å². The summed E-state index contributed by atoms with van der Waals surface area (Å²) in [5.74, 6) is 0. The first-order chi connectivity index (χ1) is 5.70. The summed E-state index contributed by atoms with van der Waals surface area (Å²) in [6, 6.07) is 0. The molecule has 0 aromatic carbocycles. The molecule has 0 spiro atoms. The molecule has 4 nitrogen and oxygen atoms in total. The number of hydrogen-bond acceptors (Lipinski definition) is 3. The van der Waals surface area contributed by atoms with E-state index in [1.165, 1.54) is 4.90 Å². The molecular weight excluding hydrogens is 158 g/mol. The highest BCUT2D eigenvalue weighted by atomic mass is 16.7. The van der Waals surface area contributed by atoms with Gasteiger partial charge in [0.1, 0.15) is 0 Å². The van der Waals surface area contributed by atoms with Gasteiger partial charge in [-0.3, -0.25) is 0 Å². The number of likely N-dealkylation sites (N-methyl/N-ethyl adjacent to an activating group) is 1. The molecule has 1 N–H and O–H groups in total. The summed E-state index contributed by atoms with van der Waals surface area (Å²) in [7, 11) is 1.57. The fourth-order valence-corrected chi connectivity index (χ4v) is 0.552. The van der Waals surface area contributed by atoms with Gasteiger partial charge in [-0.25, -0.2) is 4.79 Å². The first kappa shape index (κ1) is 13.8. The smallest absolute Gasteiger partial charge is 0.412 e. The van der Waals surface area contributed by atoms with Crippen LogP contribution < -0.4 is 0 Å². The Morgan fingerprint density at radius 3 is 1.92 bits per heavy atom. The van der Waals surface area contributed by atoms with Gasteiger partial charge in [0.2, 0.25) is 6.29 Å². The number of cyclic esters (lactones) is 1. The highest BCUT2D eigenvalue weighted by Crippen LogP contribution is 2.04. The zero-order chi connectivity index (χ0) is 10.1. The molecule has 0 radical (unpaired) electrons. The van der Waals surface area contributed by atoms with Gasteiger partial charge in [0.05, 0.1) is 6.54 Å². The van der Waals surface area contributed by atoms with Crippen molar-refractivity contribution in [1.82, 2.24) is 4.90 Å². The number of amides is 1. The lowest BCUT2D eigenvalue weighted by molar-refractivity contribution is -0.0151. The highest BCUT2D eigenvalue weighted by Gasteiger charge is 2.25. The van der Waals surface area contributed by atoms with E-state index in [1.54, 1.807) is 7.05 Å². The van der Waals surface area contributed by atoms with Gasteiger partial charge in [0, 0.05) is 7.05 Å². The lowest BCUT2D eigenvalue weighted by Crippen LogP contribution is -2.18. The van der Waals surface area contributed by atoms with E-state index in [0.717, 1.165) is 0 Å². The van der Waals surface area contributed by atoms with Crippen molar-refractivity contribution in [2.24, 2.45) is 0 Å². The maximum atomic E-state index is 10.3. The van der Waals surface area contributed by atoms with Crippen LogP contribution in [-0.2, 0) is 4.74 Å². The van der Waals surface area contributed by atoms with Crippen molar-refractivity contribution in [1.29, 1.82) is 0 Å². The van der Waals surface area contributed by atoms with Gasteiger partial charge >= 0.3 is 6.09 Å². The first-order valence-electron chi connectivity index (χ1n) is 4.30. The minimum atomic E-state index is -0.924. The molecule has 1 unspecified atom stereocenters. The molecule has 4 heteroatoms. The van der Waals surface area contributed by atoms with Crippen molar-refractivity contribution in [3.63, 3.8) is 0 Å². The summed E-state index contributed by atoms with van der Waals surface area (Å²) >= 11 is 0. The van der Waals surface area contributed by atoms with E-state index in [9.17, 15) is 4.79 Å². The number of ether oxygens (including phenoxy) is 1. The van der Waals surface area contributed by atoms with Crippen molar-refractivity contribution in [2.45, 2.75) is 34.0 Å². The van der Waals surface area contributed by atoms with Crippen LogP contribution >= 0.6 is 0 Å². The summed E-state index contributed by atoms with van der Waals surface area (Å²) in [5, 5.41) is 8.59. The van der Waals surface area contributed by atoms with E-state index in [1.807, 2.05) is 27.7 Å². The third kappa shape index (κ3) is 4.96. The van der Waals surface area contributed by atoms with Gasteiger partial charge in [0.25, 0.3) is 0 Å². The molecule has 1 fully saturated rings. The average Bonchev–Trinajstić information content (AvgIpc) is 2.37. The minimum Gasteiger partial charge on any atom is -0.418 e. The second-order valence-electron chi connectivity index (χ2n) is 1.72. The van der Waals surface area contributed by atoms with Crippen LogP contribution in [0.5, 0.6) is 0 Å². The Balaban J connectivity index is 0. The molecule has 0 aromatic heterocycles. The Bertz CT molecular complexity index is 117. The SMILES string of the molecule is CC.CC.CN1CC(O)OC1=O. The highest BCUT2D eigenvalue weighted by molar-refractivity contribution is 5.69. The van der Waals surface area contributed by atoms with Gasteiger partial charge in [-0.05, 0) is 0 Å². The molecule has 1 amide bonds. The molecule has 1 heterocycles. The van der Waals surface area contributed by atoms with Crippen LogP contribution in [0.1, 0.15) is 27.7 Å². The first-order valence-corrected chi connectivity index (χ1v) is 4.30. The molecule has 0 aromatic rings. The van der Waals surface area contributed by atoms with E-state index in [0.29, 0.717) is 0 Å². The van der Waals surface area contributed by atoms with Crippen molar-refractivity contribution < 1.29 is 14.6 Å². The lowest BCUT2D eigenvalue weighted by Gasteiger charge is -1.98. The molecule has 1 rings (SSSR count). The third-order valence-corrected chi connectivity index (χ3v) is 0.979. The molecule has 0 aliphatic carbocycles. The van der Waals surface area contributed by atoms with Crippen molar-refractivity contribution >= 4 is 6.09 Å². The van der Waals surface area contributed by atoms with Crippen LogP contribution in [0.25, 0.3) is 0 Å². The number of carbonyl (C=O) groups is 1. The monoisotopic (exact) mass is 177 g/mol. The van der Waals surface area contributed by atoms with Crippen LogP contribution in [0.15, 0.2) is 0 Å². The molecule has 1 aliphatic rings. The Hall–Kier alpha value is -0.770. The number of rotatable bonds is 0. The maximum absolute atomic E-state index is 10.3. The van der Waals surface area contributed by atoms with E-state index < -0.39 is 12.4 Å². The van der Waals surface area contributed by atoms with Crippen LogP contribution in [0, 0.1) is 0 Å². The Kier molecular flexibility index (Phi) is 9.57. The second-order valence-corrected chi connectivity index (χ2v) is 1.72. The summed E-state index contributed by atoms with van der Waals surface area (Å²) in [6.45, 7) is 8.28. The average molecular weight is 177 g/mol. The summed E-state index contributed by atoms with van der Waals surface area (Å²) in [6.07, 6.45) is -1.38. The lowest BCUT2D eigenvalue weighted by atomic mass is 10.6. The van der Waals surface area contributed by atoms with Crippen LogP contribution in [0.2, 0.25) is 0 Å². The summed E-state index contributed by atoms with van der Waals surface area (Å²) in [5.41, 5.74) is 0. The number of hydrogen-bond donors (Lipinski definition) is 1. The van der Waals surface area contributed by atoms with Gasteiger partial charge < -0.3 is 14.7 Å². The standard InChI is InChI=1S/C4H7NO3.2C2H6/c1-5-2-3(6)8-4(5)7;2*1-2/h3,6H,2H2,1H3;2*1-2H3. The largest absolute Gasteiger partial charge is 0.418 e. The Labute approximate surface area is 74.1 Å².